The van der Waals surface area contributed by atoms with E-state index in [-0.39, 0.29) is 5.82 Å². The maximum Gasteiger partial charge on any atom is 0.128 e. The number of imidazole rings is 1. The zero-order valence-electron chi connectivity index (χ0n) is 12.3. The van der Waals surface area contributed by atoms with Crippen LogP contribution >= 0.6 is 0 Å². The van der Waals surface area contributed by atoms with E-state index >= 15 is 0 Å². The zero-order chi connectivity index (χ0) is 14.4. The third-order valence-corrected chi connectivity index (χ3v) is 2.61. The summed E-state index contributed by atoms with van der Waals surface area (Å²) in [6.07, 6.45) is 3.58. The lowest BCUT2D eigenvalue weighted by Gasteiger charge is -2.12. The molecule has 0 radical (unpaired) electrons. The van der Waals surface area contributed by atoms with Crippen molar-refractivity contribution in [2.24, 2.45) is 0 Å². The first-order valence-corrected chi connectivity index (χ1v) is 6.51. The Morgan fingerprint density at radius 1 is 1.26 bits per heavy atom. The van der Waals surface area contributed by atoms with Crippen LogP contribution in [0.3, 0.4) is 0 Å². The van der Waals surface area contributed by atoms with E-state index in [2.05, 4.69) is 4.98 Å². The van der Waals surface area contributed by atoms with Gasteiger partial charge in [-0.15, -0.1) is 0 Å². The van der Waals surface area contributed by atoms with Gasteiger partial charge in [-0.25, -0.2) is 9.37 Å². The van der Waals surface area contributed by atoms with E-state index in [0.29, 0.717) is 5.56 Å². The van der Waals surface area contributed by atoms with Crippen molar-refractivity contribution in [3.05, 3.63) is 47.8 Å². The smallest absolute Gasteiger partial charge is 0.128 e. The first-order valence-electron chi connectivity index (χ1n) is 6.51. The van der Waals surface area contributed by atoms with Crippen molar-refractivity contribution in [3.63, 3.8) is 0 Å². The van der Waals surface area contributed by atoms with Crippen LogP contribution in [-0.2, 0) is 6.54 Å². The molecule has 2 aromatic rings. The normalized spacial score (nSPS) is 10.3. The van der Waals surface area contributed by atoms with Gasteiger partial charge in [0.15, 0.2) is 0 Å². The van der Waals surface area contributed by atoms with Gasteiger partial charge in [-0.1, -0.05) is 19.9 Å². The van der Waals surface area contributed by atoms with E-state index in [1.165, 1.54) is 6.07 Å². The van der Waals surface area contributed by atoms with Crippen molar-refractivity contribution < 1.29 is 4.39 Å². The topological polar surface area (TPSA) is 21.1 Å². The van der Waals surface area contributed by atoms with Gasteiger partial charge in [0.05, 0.1) is 6.54 Å². The van der Waals surface area contributed by atoms with Gasteiger partial charge in [0.2, 0.25) is 0 Å². The van der Waals surface area contributed by atoms with Crippen LogP contribution in [0.15, 0.2) is 30.6 Å². The Morgan fingerprint density at radius 2 is 1.95 bits per heavy atom. The van der Waals surface area contributed by atoms with Gasteiger partial charge in [-0.05, 0) is 38.7 Å². The second-order valence-corrected chi connectivity index (χ2v) is 4.38. The maximum absolute atomic E-state index is 13.5. The molecule has 0 bridgehead atoms. The van der Waals surface area contributed by atoms with E-state index in [4.69, 9.17) is 0 Å². The van der Waals surface area contributed by atoms with Crippen LogP contribution in [-0.4, -0.2) is 28.5 Å². The lowest BCUT2D eigenvalue weighted by atomic mass is 10.2. The molecule has 1 heterocycles. The largest absolute Gasteiger partial charge is 0.303 e. The van der Waals surface area contributed by atoms with E-state index in [1.807, 2.05) is 49.7 Å². The van der Waals surface area contributed by atoms with Crippen LogP contribution in [0.4, 0.5) is 4.39 Å². The molecule has 19 heavy (non-hydrogen) atoms. The number of halogens is 1. The fourth-order valence-electron chi connectivity index (χ4n) is 1.70. The van der Waals surface area contributed by atoms with Crippen LogP contribution in [0.2, 0.25) is 0 Å². The molecule has 0 aliphatic rings. The van der Waals surface area contributed by atoms with Crippen molar-refractivity contribution in [1.82, 2.24) is 14.5 Å². The Kier molecular flexibility index (Phi) is 5.70. The van der Waals surface area contributed by atoms with Crippen LogP contribution in [0.1, 0.15) is 25.2 Å². The number of aryl methyl sites for hydroxylation is 1. The van der Waals surface area contributed by atoms with E-state index in [9.17, 15) is 4.39 Å². The molecular formula is C15H22FN3. The number of rotatable bonds is 3. The van der Waals surface area contributed by atoms with Crippen molar-refractivity contribution in [3.8, 4) is 5.69 Å². The molecule has 1 aromatic carbocycles. The van der Waals surface area contributed by atoms with Crippen LogP contribution in [0.5, 0.6) is 0 Å². The first-order chi connectivity index (χ1) is 9.08. The zero-order valence-corrected chi connectivity index (χ0v) is 12.3. The summed E-state index contributed by atoms with van der Waals surface area (Å²) >= 11 is 0. The average molecular weight is 263 g/mol. The highest BCUT2D eigenvalue weighted by molar-refractivity contribution is 5.36. The van der Waals surface area contributed by atoms with E-state index in [1.54, 1.807) is 19.2 Å². The van der Waals surface area contributed by atoms with Gasteiger partial charge in [0, 0.05) is 18.1 Å². The molecular weight excluding hydrogens is 241 g/mol. The lowest BCUT2D eigenvalue weighted by molar-refractivity contribution is 0.388. The monoisotopic (exact) mass is 263 g/mol. The van der Waals surface area contributed by atoms with Crippen molar-refractivity contribution in [1.29, 1.82) is 0 Å². The minimum atomic E-state index is -0.188. The Balaban J connectivity index is 0.000000861. The molecule has 104 valence electrons. The molecule has 0 fully saturated rings. The molecule has 0 saturated heterocycles. The second kappa shape index (κ2) is 7.04. The van der Waals surface area contributed by atoms with Crippen LogP contribution < -0.4 is 0 Å². The number of hydrogen-bond acceptors (Lipinski definition) is 2. The fraction of sp³-hybridized carbons (Fsp3) is 0.400. The van der Waals surface area contributed by atoms with Gasteiger partial charge < -0.3 is 9.47 Å². The molecule has 0 spiro atoms. The summed E-state index contributed by atoms with van der Waals surface area (Å²) in [6.45, 7) is 6.48. The summed E-state index contributed by atoms with van der Waals surface area (Å²) in [5.74, 6) is 0.713. The molecule has 3 nitrogen and oxygen atoms in total. The Bertz CT molecular complexity index is 518. The summed E-state index contributed by atoms with van der Waals surface area (Å²) < 4.78 is 15.4. The number of hydrogen-bond donors (Lipinski definition) is 0. The van der Waals surface area contributed by atoms with Gasteiger partial charge >= 0.3 is 0 Å². The molecule has 1 aromatic heterocycles. The van der Waals surface area contributed by atoms with E-state index in [0.717, 1.165) is 18.1 Å². The van der Waals surface area contributed by atoms with Gasteiger partial charge in [0.1, 0.15) is 11.6 Å². The summed E-state index contributed by atoms with van der Waals surface area (Å²) in [4.78, 5) is 6.31. The number of nitrogens with zero attached hydrogens (tertiary/aromatic N) is 3. The predicted molar refractivity (Wildman–Crippen MR) is 77.0 cm³/mol. The number of benzene rings is 1. The molecule has 4 heteroatoms. The SMILES string of the molecule is CC.Cc1ccc(-n2ccnc2CN(C)C)cc1F. The van der Waals surface area contributed by atoms with Crippen LogP contribution in [0.25, 0.3) is 5.69 Å². The summed E-state index contributed by atoms with van der Waals surface area (Å²) in [5.41, 5.74) is 1.46. The minimum absolute atomic E-state index is 0.188. The highest BCUT2D eigenvalue weighted by Crippen LogP contribution is 2.15. The molecule has 0 N–H and O–H groups in total. The third-order valence-electron chi connectivity index (χ3n) is 2.61. The molecule has 0 amide bonds. The Hall–Kier alpha value is -1.68. The Morgan fingerprint density at radius 3 is 2.53 bits per heavy atom. The van der Waals surface area contributed by atoms with E-state index < -0.39 is 0 Å². The van der Waals surface area contributed by atoms with Gasteiger partial charge in [-0.3, -0.25) is 0 Å². The predicted octanol–water partition coefficient (Wildman–Crippen LogP) is 3.41. The average Bonchev–Trinajstić information content (AvgIpc) is 2.82. The molecule has 0 aliphatic carbocycles. The summed E-state index contributed by atoms with van der Waals surface area (Å²) in [5, 5.41) is 0. The highest BCUT2D eigenvalue weighted by atomic mass is 19.1. The fourth-order valence-corrected chi connectivity index (χ4v) is 1.70. The standard InChI is InChI=1S/C13H16FN3.C2H6/c1-10-4-5-11(8-12(10)14)17-7-6-15-13(17)9-16(2)3;1-2/h4-8H,9H2,1-3H3;1-2H3. The molecule has 0 saturated carbocycles. The molecule has 0 atom stereocenters. The highest BCUT2D eigenvalue weighted by Gasteiger charge is 2.07. The third kappa shape index (κ3) is 3.89. The van der Waals surface area contributed by atoms with Gasteiger partial charge in [0.25, 0.3) is 0 Å². The van der Waals surface area contributed by atoms with Crippen molar-refractivity contribution in [2.45, 2.75) is 27.3 Å². The summed E-state index contributed by atoms with van der Waals surface area (Å²) in [6, 6.07) is 5.22. The number of aromatic nitrogens is 2. The maximum atomic E-state index is 13.5. The minimum Gasteiger partial charge on any atom is -0.303 e. The molecule has 0 aliphatic heterocycles. The second-order valence-electron chi connectivity index (χ2n) is 4.38. The Labute approximate surface area is 114 Å². The van der Waals surface area contributed by atoms with Crippen molar-refractivity contribution in [2.75, 3.05) is 14.1 Å². The molecule has 2 rings (SSSR count). The van der Waals surface area contributed by atoms with Crippen LogP contribution in [0, 0.1) is 12.7 Å². The lowest BCUT2D eigenvalue weighted by Crippen LogP contribution is -2.14. The summed E-state index contributed by atoms with van der Waals surface area (Å²) in [7, 11) is 3.96. The first kappa shape index (κ1) is 15.4. The molecule has 0 unspecified atom stereocenters. The quantitative estimate of drug-likeness (QED) is 0.846. The van der Waals surface area contributed by atoms with Gasteiger partial charge in [-0.2, -0.15) is 0 Å². The van der Waals surface area contributed by atoms with Crippen molar-refractivity contribution >= 4 is 0 Å².